The van der Waals surface area contributed by atoms with Crippen LogP contribution in [-0.4, -0.2) is 48.5 Å². The first-order valence-corrected chi connectivity index (χ1v) is 12.1. The number of ether oxygens (including phenoxy) is 1. The van der Waals surface area contributed by atoms with Crippen LogP contribution in [0, 0.1) is 0 Å². The average molecular weight is 431 g/mol. The second-order valence-corrected chi connectivity index (χ2v) is 10.1. The Balaban J connectivity index is 1.41. The number of hydrogen-bond acceptors (Lipinski definition) is 6. The van der Waals surface area contributed by atoms with Crippen molar-refractivity contribution in [3.8, 4) is 5.75 Å². The molecule has 2 heterocycles. The van der Waals surface area contributed by atoms with Crippen LogP contribution in [0.15, 0.2) is 41.4 Å². The Hall–Kier alpha value is -2.61. The summed E-state index contributed by atoms with van der Waals surface area (Å²) in [6.45, 7) is 4.10. The number of amides is 1. The van der Waals surface area contributed by atoms with Crippen molar-refractivity contribution >= 4 is 15.7 Å². The molecule has 2 aliphatic rings. The molecule has 0 bridgehead atoms. The number of rotatable bonds is 7. The summed E-state index contributed by atoms with van der Waals surface area (Å²) in [6.07, 6.45) is 6.64. The van der Waals surface area contributed by atoms with E-state index in [0.29, 0.717) is 12.2 Å². The molecule has 0 saturated carbocycles. The minimum absolute atomic E-state index is 0.0290. The highest BCUT2D eigenvalue weighted by Gasteiger charge is 2.35. The van der Waals surface area contributed by atoms with Gasteiger partial charge in [-0.3, -0.25) is 4.79 Å². The zero-order valence-electron chi connectivity index (χ0n) is 16.9. The standard InChI is InChI=1S/C22H26N2O5S/c1-2-10-24(18-9-11-30(26,27)15-18)22(25)21-13-20(29-23-21)14-28-19-8-7-16-5-3-4-6-17(16)12-19/h2,7-8,12-13,18H,1,3-6,9-11,14-15H2. The van der Waals surface area contributed by atoms with Gasteiger partial charge in [0.05, 0.1) is 11.5 Å². The maximum absolute atomic E-state index is 12.9. The smallest absolute Gasteiger partial charge is 0.276 e. The molecule has 2 aromatic rings. The van der Waals surface area contributed by atoms with Crippen LogP contribution in [0.1, 0.15) is 46.6 Å². The molecule has 0 N–H and O–H groups in total. The molecular formula is C22H26N2O5S. The van der Waals surface area contributed by atoms with E-state index in [9.17, 15) is 13.2 Å². The Bertz CT molecular complexity index is 1040. The second-order valence-electron chi connectivity index (χ2n) is 7.91. The van der Waals surface area contributed by atoms with Gasteiger partial charge in [0.25, 0.3) is 5.91 Å². The molecular weight excluding hydrogens is 404 g/mol. The maximum Gasteiger partial charge on any atom is 0.276 e. The van der Waals surface area contributed by atoms with Crippen molar-refractivity contribution in [1.29, 1.82) is 0 Å². The number of aromatic nitrogens is 1. The van der Waals surface area contributed by atoms with Gasteiger partial charge in [-0.15, -0.1) is 6.58 Å². The minimum atomic E-state index is -3.11. The van der Waals surface area contributed by atoms with Crippen LogP contribution in [0.4, 0.5) is 0 Å². The van der Waals surface area contributed by atoms with Crippen molar-refractivity contribution in [3.63, 3.8) is 0 Å². The van der Waals surface area contributed by atoms with Crippen molar-refractivity contribution < 1.29 is 22.5 Å². The lowest BCUT2D eigenvalue weighted by Crippen LogP contribution is -2.41. The third kappa shape index (κ3) is 4.59. The van der Waals surface area contributed by atoms with E-state index in [1.165, 1.54) is 28.9 Å². The second kappa shape index (κ2) is 8.63. The van der Waals surface area contributed by atoms with Crippen LogP contribution in [0.5, 0.6) is 5.75 Å². The van der Waals surface area contributed by atoms with E-state index in [-0.39, 0.29) is 42.3 Å². The van der Waals surface area contributed by atoms with Gasteiger partial charge < -0.3 is 14.2 Å². The van der Waals surface area contributed by atoms with Crippen molar-refractivity contribution in [2.75, 3.05) is 18.1 Å². The van der Waals surface area contributed by atoms with Crippen molar-refractivity contribution in [2.45, 2.75) is 44.8 Å². The molecule has 0 radical (unpaired) electrons. The molecule has 160 valence electrons. The molecule has 1 aromatic heterocycles. The van der Waals surface area contributed by atoms with Crippen molar-refractivity contribution in [1.82, 2.24) is 10.1 Å². The topological polar surface area (TPSA) is 89.7 Å². The molecule has 1 unspecified atom stereocenters. The van der Waals surface area contributed by atoms with E-state index in [1.807, 2.05) is 6.07 Å². The Morgan fingerprint density at radius 1 is 1.27 bits per heavy atom. The van der Waals surface area contributed by atoms with E-state index < -0.39 is 9.84 Å². The lowest BCUT2D eigenvalue weighted by Gasteiger charge is -2.25. The van der Waals surface area contributed by atoms with Gasteiger partial charge in [-0.1, -0.05) is 17.3 Å². The average Bonchev–Trinajstić information content (AvgIpc) is 3.36. The van der Waals surface area contributed by atoms with Crippen LogP contribution >= 0.6 is 0 Å². The number of fused-ring (bicyclic) bond motifs is 1. The Kier molecular flexibility index (Phi) is 5.94. The highest BCUT2D eigenvalue weighted by Crippen LogP contribution is 2.26. The fourth-order valence-electron chi connectivity index (χ4n) is 4.14. The van der Waals surface area contributed by atoms with E-state index in [1.54, 1.807) is 12.1 Å². The van der Waals surface area contributed by atoms with Crippen LogP contribution < -0.4 is 4.74 Å². The predicted molar refractivity (Wildman–Crippen MR) is 112 cm³/mol. The lowest BCUT2D eigenvalue weighted by atomic mass is 9.92. The number of sulfone groups is 1. The molecule has 1 aliphatic carbocycles. The third-order valence-corrected chi connectivity index (χ3v) is 7.47. The van der Waals surface area contributed by atoms with Gasteiger partial charge in [0, 0.05) is 18.7 Å². The summed E-state index contributed by atoms with van der Waals surface area (Å²) in [5, 5.41) is 3.88. The third-order valence-electron chi connectivity index (χ3n) is 5.71. The van der Waals surface area contributed by atoms with E-state index in [0.717, 1.165) is 18.6 Å². The predicted octanol–water partition coefficient (Wildman–Crippen LogP) is 2.95. The van der Waals surface area contributed by atoms with Crippen molar-refractivity contribution in [3.05, 3.63) is 59.5 Å². The van der Waals surface area contributed by atoms with Gasteiger partial charge in [0.1, 0.15) is 12.4 Å². The number of aryl methyl sites for hydroxylation is 2. The van der Waals surface area contributed by atoms with Gasteiger partial charge in [0.15, 0.2) is 21.3 Å². The summed E-state index contributed by atoms with van der Waals surface area (Å²) >= 11 is 0. The Morgan fingerprint density at radius 2 is 2.07 bits per heavy atom. The minimum Gasteiger partial charge on any atom is -0.486 e. The summed E-state index contributed by atoms with van der Waals surface area (Å²) in [6, 6.07) is 7.33. The van der Waals surface area contributed by atoms with Gasteiger partial charge in [-0.25, -0.2) is 8.42 Å². The van der Waals surface area contributed by atoms with E-state index in [2.05, 4.69) is 23.9 Å². The molecule has 1 amide bonds. The summed E-state index contributed by atoms with van der Waals surface area (Å²) in [5.41, 5.74) is 2.86. The monoisotopic (exact) mass is 430 g/mol. The highest BCUT2D eigenvalue weighted by atomic mass is 32.2. The van der Waals surface area contributed by atoms with Gasteiger partial charge >= 0.3 is 0 Å². The quantitative estimate of drug-likeness (QED) is 0.628. The van der Waals surface area contributed by atoms with Crippen molar-refractivity contribution in [2.24, 2.45) is 0 Å². The lowest BCUT2D eigenvalue weighted by molar-refractivity contribution is 0.0709. The molecule has 4 rings (SSSR count). The first-order chi connectivity index (χ1) is 14.4. The Morgan fingerprint density at radius 3 is 2.80 bits per heavy atom. The van der Waals surface area contributed by atoms with Gasteiger partial charge in [-0.2, -0.15) is 0 Å². The number of carbonyl (C=O) groups is 1. The van der Waals surface area contributed by atoms with Crippen LogP contribution in [0.25, 0.3) is 0 Å². The summed E-state index contributed by atoms with van der Waals surface area (Å²) in [4.78, 5) is 14.4. The molecule has 1 fully saturated rings. The summed E-state index contributed by atoms with van der Waals surface area (Å²) in [5.74, 6) is 0.912. The van der Waals surface area contributed by atoms with Crippen LogP contribution in [-0.2, 0) is 29.3 Å². The number of hydrogen-bond donors (Lipinski definition) is 0. The maximum atomic E-state index is 12.9. The largest absolute Gasteiger partial charge is 0.486 e. The SMILES string of the molecule is C=CCN(C(=O)c1cc(COc2ccc3c(c2)CCCC3)on1)C1CCS(=O)(=O)C1. The molecule has 0 spiro atoms. The molecule has 7 nitrogen and oxygen atoms in total. The van der Waals surface area contributed by atoms with E-state index in [4.69, 9.17) is 9.26 Å². The molecule has 1 atom stereocenters. The first kappa shape index (κ1) is 20.7. The summed E-state index contributed by atoms with van der Waals surface area (Å²) in [7, 11) is -3.11. The summed E-state index contributed by atoms with van der Waals surface area (Å²) < 4.78 is 34.7. The highest BCUT2D eigenvalue weighted by molar-refractivity contribution is 7.91. The molecule has 1 saturated heterocycles. The zero-order valence-corrected chi connectivity index (χ0v) is 17.7. The van der Waals surface area contributed by atoms with Gasteiger partial charge in [0.2, 0.25) is 0 Å². The molecule has 1 aromatic carbocycles. The van der Waals surface area contributed by atoms with Gasteiger partial charge in [-0.05, 0) is 55.4 Å². The van der Waals surface area contributed by atoms with E-state index >= 15 is 0 Å². The normalized spacial score (nSPS) is 19.8. The Labute approximate surface area is 176 Å². The number of carbonyl (C=O) groups excluding carboxylic acids is 1. The number of nitrogens with zero attached hydrogens (tertiary/aromatic N) is 2. The fourth-order valence-corrected chi connectivity index (χ4v) is 5.87. The fraction of sp³-hybridized carbons (Fsp3) is 0.455. The molecule has 30 heavy (non-hydrogen) atoms. The molecule has 1 aliphatic heterocycles. The zero-order chi connectivity index (χ0) is 21.1. The van der Waals surface area contributed by atoms with Crippen LogP contribution in [0.3, 0.4) is 0 Å². The molecule has 8 heteroatoms. The van der Waals surface area contributed by atoms with Crippen LogP contribution in [0.2, 0.25) is 0 Å². The first-order valence-electron chi connectivity index (χ1n) is 10.3. The number of benzene rings is 1.